The van der Waals surface area contributed by atoms with Crippen LogP contribution in [0.2, 0.25) is 0 Å². The van der Waals surface area contributed by atoms with Gasteiger partial charge in [-0.1, -0.05) is 12.6 Å². The van der Waals surface area contributed by atoms with Crippen LogP contribution in [0.5, 0.6) is 0 Å². The van der Waals surface area contributed by atoms with Crippen LogP contribution in [-0.4, -0.2) is 67.4 Å². The van der Waals surface area contributed by atoms with Crippen molar-refractivity contribution in [2.45, 2.75) is 44.6 Å². The van der Waals surface area contributed by atoms with Gasteiger partial charge in [-0.25, -0.2) is 0 Å². The number of primary amides is 1. The second-order valence-corrected chi connectivity index (χ2v) is 12.8. The Hall–Kier alpha value is -4.31. The zero-order valence-corrected chi connectivity index (χ0v) is 25.7. The maximum atomic E-state index is 13.3. The van der Waals surface area contributed by atoms with Gasteiger partial charge in [0.1, 0.15) is 6.29 Å². The molecule has 2 saturated carbocycles. The molecule has 3 aliphatic carbocycles. The van der Waals surface area contributed by atoms with Gasteiger partial charge in [-0.15, -0.1) is 0 Å². The Balaban J connectivity index is 1.06. The monoisotopic (exact) mass is 609 g/mol. The number of anilines is 2. The smallest absolute Gasteiger partial charge is 0.221 e. The number of nitrogens with two attached hydrogens (primary N) is 1. The predicted octanol–water partition coefficient (Wildman–Crippen LogP) is 3.65. The third-order valence-corrected chi connectivity index (χ3v) is 9.72. The van der Waals surface area contributed by atoms with Crippen molar-refractivity contribution in [1.82, 2.24) is 15.6 Å². The Kier molecular flexibility index (Phi) is 9.11. The average Bonchev–Trinajstić information content (AvgIpc) is 3.86. The lowest BCUT2D eigenvalue weighted by Gasteiger charge is -2.36. The molecule has 6 N–H and O–H groups in total. The first-order valence-electron chi connectivity index (χ1n) is 16.2. The van der Waals surface area contributed by atoms with E-state index >= 15 is 0 Å². The first-order valence-corrected chi connectivity index (χ1v) is 16.2. The molecular weight excluding hydrogens is 566 g/mol. The minimum Gasteiger partial charge on any atom is -0.388 e. The summed E-state index contributed by atoms with van der Waals surface area (Å²) in [6.07, 6.45) is 9.15. The first-order chi connectivity index (χ1) is 21.9. The first kappa shape index (κ1) is 30.7. The van der Waals surface area contributed by atoms with E-state index < -0.39 is 17.7 Å². The van der Waals surface area contributed by atoms with Gasteiger partial charge in [0.2, 0.25) is 5.91 Å². The molecule has 1 saturated heterocycles. The molecule has 1 aromatic heterocycles. The largest absolute Gasteiger partial charge is 0.388 e. The third-order valence-electron chi connectivity index (χ3n) is 9.72. The van der Waals surface area contributed by atoms with Crippen LogP contribution in [0.3, 0.4) is 0 Å². The molecule has 45 heavy (non-hydrogen) atoms. The molecule has 2 atom stereocenters. The highest BCUT2D eigenvalue weighted by Gasteiger charge is 2.41. The average molecular weight is 610 g/mol. The molecule has 1 amide bonds. The molecule has 2 aromatic rings. The van der Waals surface area contributed by atoms with Crippen molar-refractivity contribution < 1.29 is 14.4 Å². The van der Waals surface area contributed by atoms with E-state index in [4.69, 9.17) is 16.1 Å². The lowest BCUT2D eigenvalue weighted by atomic mass is 9.80. The molecule has 0 bridgehead atoms. The highest BCUT2D eigenvalue weighted by molar-refractivity contribution is 6.24. The number of hydrogen-bond acceptors (Lipinski definition) is 9. The number of benzene rings is 1. The number of nitrogens with one attached hydrogen (secondary N) is 4. The van der Waals surface area contributed by atoms with E-state index in [-0.39, 0.29) is 18.6 Å². The van der Waals surface area contributed by atoms with Crippen molar-refractivity contribution in [3.05, 3.63) is 66.1 Å². The van der Waals surface area contributed by atoms with Gasteiger partial charge in [-0.2, -0.15) is 0 Å². The molecule has 6 rings (SSSR count). The van der Waals surface area contributed by atoms with Gasteiger partial charge in [0.15, 0.2) is 5.78 Å². The normalized spacial score (nSPS) is 23.6. The van der Waals surface area contributed by atoms with E-state index in [1.54, 1.807) is 0 Å². The molecule has 10 nitrogen and oxygen atoms in total. The number of nitrogens with zero attached hydrogens (tertiary/aromatic N) is 2. The minimum atomic E-state index is -0.743. The molecule has 236 valence electrons. The lowest BCUT2D eigenvalue weighted by Crippen LogP contribution is -2.44. The van der Waals surface area contributed by atoms with Gasteiger partial charge in [0.25, 0.3) is 0 Å². The van der Waals surface area contributed by atoms with Gasteiger partial charge in [0, 0.05) is 86.0 Å². The van der Waals surface area contributed by atoms with Gasteiger partial charge in [-0.05, 0) is 73.4 Å². The van der Waals surface area contributed by atoms with Crippen LogP contribution in [-0.2, 0) is 9.59 Å². The van der Waals surface area contributed by atoms with E-state index in [0.717, 1.165) is 92.9 Å². The highest BCUT2D eigenvalue weighted by atomic mass is 16.1. The third kappa shape index (κ3) is 6.56. The zero-order chi connectivity index (χ0) is 31.5. The lowest BCUT2D eigenvalue weighted by molar-refractivity contribution is -0.122. The maximum Gasteiger partial charge on any atom is 0.221 e. The van der Waals surface area contributed by atoms with Crippen molar-refractivity contribution in [2.75, 3.05) is 42.9 Å². The number of carbonyl (C=O) groups excluding carboxylic acids is 3. The molecule has 3 fully saturated rings. The molecule has 0 spiro atoms. The summed E-state index contributed by atoms with van der Waals surface area (Å²) in [4.78, 5) is 43.5. The molecule has 1 aliphatic heterocycles. The summed E-state index contributed by atoms with van der Waals surface area (Å²) >= 11 is 0. The summed E-state index contributed by atoms with van der Waals surface area (Å²) in [5.74, 6) is -1.41. The van der Waals surface area contributed by atoms with Crippen LogP contribution in [0.4, 0.5) is 11.4 Å². The fraction of sp³-hybridized carbons (Fsp3) is 0.457. The quantitative estimate of drug-likeness (QED) is 0.161. The summed E-state index contributed by atoms with van der Waals surface area (Å²) < 4.78 is 0. The standard InChI is InChI=1S/C35H43N7O3/c1-21-26-9-8-24(18-28(26)34(44)31(21)27(35(37)45)4-3-15-43)40-19-22-16-25(17-22)41-20-29(32(36)23-6-7-23)33-30(5-2-10-39-33)42-13-11-38-12-14-42/h2,5,8-10,15,18,20,22-23,25,27,31,36,38,40-41H,1,3-4,6-7,11-14,16-17,19H2,(H2,37,45)/b29-20+,36-32?. The van der Waals surface area contributed by atoms with Crippen LogP contribution in [0.25, 0.3) is 11.1 Å². The number of fused-ring (bicyclic) bond motifs is 1. The number of rotatable bonds is 14. The summed E-state index contributed by atoms with van der Waals surface area (Å²) in [6.45, 7) is 8.62. The fourth-order valence-electron chi connectivity index (χ4n) is 6.91. The molecule has 1 aromatic carbocycles. The predicted molar refractivity (Wildman–Crippen MR) is 177 cm³/mol. The highest BCUT2D eigenvalue weighted by Crippen LogP contribution is 2.42. The number of aldehydes is 1. The second-order valence-electron chi connectivity index (χ2n) is 12.8. The van der Waals surface area contributed by atoms with E-state index in [9.17, 15) is 14.4 Å². The SMILES string of the molecule is C=C1c2ccc(NCC3CC(N/C=C(\C(=N)C4CC4)c4ncccc4N4CCNCC4)C3)cc2C(=O)C1C(CCC=O)C(N)=O. The Morgan fingerprint density at radius 2 is 1.98 bits per heavy atom. The van der Waals surface area contributed by atoms with E-state index in [2.05, 4.69) is 33.5 Å². The minimum absolute atomic E-state index is 0.159. The van der Waals surface area contributed by atoms with Gasteiger partial charge in [0.05, 0.1) is 23.2 Å². The summed E-state index contributed by atoms with van der Waals surface area (Å²) in [5.41, 5.74) is 11.9. The number of hydrogen-bond donors (Lipinski definition) is 5. The van der Waals surface area contributed by atoms with Crippen molar-refractivity contribution in [3.8, 4) is 0 Å². The second kappa shape index (κ2) is 13.4. The molecule has 10 heteroatoms. The number of pyridine rings is 1. The maximum absolute atomic E-state index is 13.3. The number of Topliss-reactive ketones (excluding diaryl/α,β-unsaturated/α-hetero) is 1. The van der Waals surface area contributed by atoms with Crippen LogP contribution in [0.15, 0.2) is 49.3 Å². The van der Waals surface area contributed by atoms with E-state index in [0.29, 0.717) is 34.7 Å². The number of aromatic nitrogens is 1. The van der Waals surface area contributed by atoms with Crippen LogP contribution >= 0.6 is 0 Å². The molecular formula is C35H43N7O3. The van der Waals surface area contributed by atoms with Gasteiger partial charge < -0.3 is 36.8 Å². The van der Waals surface area contributed by atoms with Gasteiger partial charge >= 0.3 is 0 Å². The van der Waals surface area contributed by atoms with Gasteiger partial charge in [-0.3, -0.25) is 14.6 Å². The number of allylic oxidation sites excluding steroid dienone is 2. The number of amides is 1. The number of carbonyl (C=O) groups is 3. The van der Waals surface area contributed by atoms with Crippen molar-refractivity contribution >= 4 is 46.2 Å². The summed E-state index contributed by atoms with van der Waals surface area (Å²) in [6, 6.07) is 10.1. The van der Waals surface area contributed by atoms with Crippen molar-refractivity contribution in [1.29, 1.82) is 5.41 Å². The van der Waals surface area contributed by atoms with E-state index in [1.807, 2.05) is 36.7 Å². The van der Waals surface area contributed by atoms with Crippen molar-refractivity contribution in [2.24, 2.45) is 29.4 Å². The Morgan fingerprint density at radius 3 is 2.69 bits per heavy atom. The Morgan fingerprint density at radius 1 is 1.20 bits per heavy atom. The van der Waals surface area contributed by atoms with E-state index in [1.165, 1.54) is 0 Å². The zero-order valence-electron chi connectivity index (χ0n) is 25.7. The summed E-state index contributed by atoms with van der Waals surface area (Å²) in [7, 11) is 0. The van der Waals surface area contributed by atoms with Crippen LogP contribution < -0.4 is 26.6 Å². The molecule has 2 heterocycles. The molecule has 4 aliphatic rings. The molecule has 2 unspecified atom stereocenters. The van der Waals surface area contributed by atoms with Crippen LogP contribution in [0.1, 0.15) is 60.1 Å². The number of piperazine rings is 1. The molecule has 0 radical (unpaired) electrons. The Labute approximate surface area is 264 Å². The Bertz CT molecular complexity index is 1520. The topological polar surface area (TPSA) is 153 Å². The summed E-state index contributed by atoms with van der Waals surface area (Å²) in [5, 5.41) is 19.5. The number of ketones is 1. The fourth-order valence-corrected chi connectivity index (χ4v) is 6.91. The van der Waals surface area contributed by atoms with Crippen LogP contribution in [0, 0.1) is 29.1 Å². The van der Waals surface area contributed by atoms with Crippen molar-refractivity contribution in [3.63, 3.8) is 0 Å².